The number of amides is 2. The molecule has 2 heterocycles. The highest BCUT2D eigenvalue weighted by atomic mass is 16.2. The van der Waals surface area contributed by atoms with Crippen molar-refractivity contribution in [2.45, 2.75) is 33.2 Å². The molecule has 1 fully saturated rings. The minimum absolute atomic E-state index is 0.00122. The monoisotopic (exact) mass is 352 g/mol. The van der Waals surface area contributed by atoms with E-state index in [1.807, 2.05) is 42.3 Å². The van der Waals surface area contributed by atoms with Gasteiger partial charge in [-0.05, 0) is 36.1 Å². The number of piperazine rings is 1. The number of pyridine rings is 1. The van der Waals surface area contributed by atoms with Gasteiger partial charge in [0, 0.05) is 44.6 Å². The Hall–Kier alpha value is -2.40. The highest BCUT2D eigenvalue weighted by Gasteiger charge is 2.22. The Morgan fingerprint density at radius 2 is 1.88 bits per heavy atom. The van der Waals surface area contributed by atoms with Gasteiger partial charge in [0.1, 0.15) is 0 Å². The van der Waals surface area contributed by atoms with E-state index in [2.05, 4.69) is 41.2 Å². The first-order valence-electron chi connectivity index (χ1n) is 9.32. The smallest absolute Gasteiger partial charge is 0.321 e. The third-order valence-electron chi connectivity index (χ3n) is 4.93. The van der Waals surface area contributed by atoms with Crippen molar-refractivity contribution in [3.63, 3.8) is 0 Å². The van der Waals surface area contributed by atoms with Crippen LogP contribution in [-0.4, -0.2) is 47.0 Å². The predicted octanol–water partition coefficient (Wildman–Crippen LogP) is 3.86. The molecule has 1 aromatic carbocycles. The lowest BCUT2D eigenvalue weighted by Gasteiger charge is -2.34. The van der Waals surface area contributed by atoms with Crippen LogP contribution in [0.25, 0.3) is 0 Å². The van der Waals surface area contributed by atoms with Gasteiger partial charge in [0.2, 0.25) is 0 Å². The van der Waals surface area contributed by atoms with Crippen LogP contribution in [0.3, 0.4) is 0 Å². The fourth-order valence-corrected chi connectivity index (χ4v) is 3.36. The first kappa shape index (κ1) is 18.4. The molecule has 0 saturated carbocycles. The number of hydrogen-bond donors (Lipinski definition) is 1. The summed E-state index contributed by atoms with van der Waals surface area (Å²) in [5, 5.41) is 3.15. The van der Waals surface area contributed by atoms with Crippen molar-refractivity contribution in [3.8, 4) is 0 Å². The van der Waals surface area contributed by atoms with Gasteiger partial charge in [0.25, 0.3) is 0 Å². The van der Waals surface area contributed by atoms with Gasteiger partial charge in [-0.25, -0.2) is 4.79 Å². The van der Waals surface area contributed by atoms with Gasteiger partial charge in [0.05, 0.1) is 5.69 Å². The summed E-state index contributed by atoms with van der Waals surface area (Å²) in [7, 11) is 0. The number of hydrogen-bond acceptors (Lipinski definition) is 3. The van der Waals surface area contributed by atoms with Gasteiger partial charge in [0.15, 0.2) is 0 Å². The maximum atomic E-state index is 12.7. The van der Waals surface area contributed by atoms with Gasteiger partial charge < -0.3 is 10.2 Å². The van der Waals surface area contributed by atoms with Gasteiger partial charge in [-0.1, -0.05) is 38.1 Å². The van der Waals surface area contributed by atoms with Crippen molar-refractivity contribution in [2.75, 3.05) is 31.5 Å². The van der Waals surface area contributed by atoms with Crippen LogP contribution in [0, 0.1) is 6.92 Å². The number of carbonyl (C=O) groups is 1. The Kier molecular flexibility index (Phi) is 5.89. The first-order valence-corrected chi connectivity index (χ1v) is 9.32. The third-order valence-corrected chi connectivity index (χ3v) is 4.93. The molecule has 2 amide bonds. The second-order valence-corrected chi connectivity index (χ2v) is 7.21. The van der Waals surface area contributed by atoms with E-state index >= 15 is 0 Å². The normalized spacial score (nSPS) is 15.3. The highest BCUT2D eigenvalue weighted by Crippen LogP contribution is 2.27. The lowest BCUT2D eigenvalue weighted by Crippen LogP contribution is -2.49. The summed E-state index contributed by atoms with van der Waals surface area (Å²) in [6.07, 6.45) is 1.83. The van der Waals surface area contributed by atoms with E-state index < -0.39 is 0 Å². The summed E-state index contributed by atoms with van der Waals surface area (Å²) in [6, 6.07) is 12.2. The summed E-state index contributed by atoms with van der Waals surface area (Å²) in [4.78, 5) is 21.4. The van der Waals surface area contributed by atoms with Crippen molar-refractivity contribution in [1.29, 1.82) is 0 Å². The second kappa shape index (κ2) is 8.32. The lowest BCUT2D eigenvalue weighted by molar-refractivity contribution is 0.142. The van der Waals surface area contributed by atoms with E-state index in [1.165, 1.54) is 5.56 Å². The van der Waals surface area contributed by atoms with Crippen molar-refractivity contribution in [1.82, 2.24) is 14.8 Å². The zero-order valence-corrected chi connectivity index (χ0v) is 15.9. The van der Waals surface area contributed by atoms with Crippen LogP contribution >= 0.6 is 0 Å². The number of anilines is 1. The molecule has 0 radical (unpaired) electrons. The van der Waals surface area contributed by atoms with Crippen LogP contribution in [0.1, 0.15) is 36.6 Å². The van der Waals surface area contributed by atoms with Crippen LogP contribution in [0.15, 0.2) is 42.6 Å². The Balaban J connectivity index is 1.58. The third kappa shape index (κ3) is 4.41. The average Bonchev–Trinajstić information content (AvgIpc) is 2.64. The molecule has 138 valence electrons. The molecule has 0 atom stereocenters. The zero-order valence-electron chi connectivity index (χ0n) is 15.9. The number of rotatable bonds is 4. The molecule has 5 nitrogen and oxygen atoms in total. The molecule has 1 N–H and O–H groups in total. The number of nitrogens with one attached hydrogen (secondary N) is 1. The Morgan fingerprint density at radius 1 is 1.12 bits per heavy atom. The van der Waals surface area contributed by atoms with Crippen LogP contribution in [0.2, 0.25) is 0 Å². The summed E-state index contributed by atoms with van der Waals surface area (Å²) in [5.74, 6) is 0.375. The maximum Gasteiger partial charge on any atom is 0.321 e. The van der Waals surface area contributed by atoms with Crippen molar-refractivity contribution in [3.05, 3.63) is 59.4 Å². The SMILES string of the molecule is Cc1cccc(C(C)C)c1NC(=O)N1CCN(Cc2ccccn2)CC1. The molecule has 0 aliphatic carbocycles. The minimum Gasteiger partial charge on any atom is -0.322 e. The number of benzene rings is 1. The van der Waals surface area contributed by atoms with Crippen molar-refractivity contribution < 1.29 is 4.79 Å². The minimum atomic E-state index is -0.00122. The molecule has 0 unspecified atom stereocenters. The second-order valence-electron chi connectivity index (χ2n) is 7.21. The molecular formula is C21H28N4O. The highest BCUT2D eigenvalue weighted by molar-refractivity contribution is 5.91. The standard InChI is InChI=1S/C21H28N4O/c1-16(2)19-9-6-7-17(3)20(19)23-21(26)25-13-11-24(12-14-25)15-18-8-4-5-10-22-18/h4-10,16H,11-15H2,1-3H3,(H,23,26). The number of aryl methyl sites for hydroxylation is 1. The molecule has 3 rings (SSSR count). The number of para-hydroxylation sites is 1. The molecule has 0 bridgehead atoms. The summed E-state index contributed by atoms with van der Waals surface area (Å²) in [6.45, 7) is 10.4. The number of urea groups is 1. The fourth-order valence-electron chi connectivity index (χ4n) is 3.36. The van der Waals surface area contributed by atoms with E-state index in [9.17, 15) is 4.79 Å². The Labute approximate surface area is 156 Å². The molecule has 1 saturated heterocycles. The van der Waals surface area contributed by atoms with E-state index in [4.69, 9.17) is 0 Å². The molecule has 26 heavy (non-hydrogen) atoms. The van der Waals surface area contributed by atoms with Gasteiger partial charge >= 0.3 is 6.03 Å². The van der Waals surface area contributed by atoms with E-state index in [1.54, 1.807) is 0 Å². The van der Waals surface area contributed by atoms with Crippen LogP contribution in [-0.2, 0) is 6.54 Å². The van der Waals surface area contributed by atoms with Gasteiger partial charge in [-0.3, -0.25) is 9.88 Å². The molecule has 1 aromatic heterocycles. The van der Waals surface area contributed by atoms with Crippen LogP contribution < -0.4 is 5.32 Å². The summed E-state index contributed by atoms with van der Waals surface area (Å²) >= 11 is 0. The average molecular weight is 352 g/mol. The molecular weight excluding hydrogens is 324 g/mol. The van der Waals surface area contributed by atoms with Gasteiger partial charge in [-0.15, -0.1) is 0 Å². The molecule has 0 spiro atoms. The quantitative estimate of drug-likeness (QED) is 0.909. The van der Waals surface area contributed by atoms with Crippen molar-refractivity contribution in [2.24, 2.45) is 0 Å². The van der Waals surface area contributed by atoms with Crippen LogP contribution in [0.5, 0.6) is 0 Å². The molecule has 5 heteroatoms. The largest absolute Gasteiger partial charge is 0.322 e. The molecule has 2 aromatic rings. The lowest BCUT2D eigenvalue weighted by atomic mass is 9.98. The molecule has 1 aliphatic heterocycles. The number of carbonyl (C=O) groups excluding carboxylic acids is 1. The first-order chi connectivity index (χ1) is 12.5. The van der Waals surface area contributed by atoms with Crippen LogP contribution in [0.4, 0.5) is 10.5 Å². The van der Waals surface area contributed by atoms with E-state index in [-0.39, 0.29) is 6.03 Å². The number of aromatic nitrogens is 1. The zero-order chi connectivity index (χ0) is 18.5. The topological polar surface area (TPSA) is 48.5 Å². The van der Waals surface area contributed by atoms with Crippen molar-refractivity contribution >= 4 is 11.7 Å². The number of nitrogens with zero attached hydrogens (tertiary/aromatic N) is 3. The molecule has 1 aliphatic rings. The van der Waals surface area contributed by atoms with E-state index in [0.29, 0.717) is 5.92 Å². The maximum absolute atomic E-state index is 12.7. The summed E-state index contributed by atoms with van der Waals surface area (Å²) < 4.78 is 0. The fraction of sp³-hybridized carbons (Fsp3) is 0.429. The van der Waals surface area contributed by atoms with E-state index in [0.717, 1.165) is 49.7 Å². The predicted molar refractivity (Wildman–Crippen MR) is 105 cm³/mol. The summed E-state index contributed by atoms with van der Waals surface area (Å²) in [5.41, 5.74) is 4.33. The Bertz CT molecular complexity index is 737. The Morgan fingerprint density at radius 3 is 2.54 bits per heavy atom. The van der Waals surface area contributed by atoms with Gasteiger partial charge in [-0.2, -0.15) is 0 Å².